The van der Waals surface area contributed by atoms with E-state index in [4.69, 9.17) is 9.72 Å². The van der Waals surface area contributed by atoms with E-state index in [9.17, 15) is 0 Å². The zero-order chi connectivity index (χ0) is 13.9. The van der Waals surface area contributed by atoms with Crippen molar-refractivity contribution < 1.29 is 4.74 Å². The molecule has 0 saturated heterocycles. The number of aromatic nitrogens is 3. The van der Waals surface area contributed by atoms with Crippen LogP contribution in [-0.4, -0.2) is 28.6 Å². The lowest BCUT2D eigenvalue weighted by Crippen LogP contribution is -2.16. The summed E-state index contributed by atoms with van der Waals surface area (Å²) in [6.45, 7) is 3.41. The third kappa shape index (κ3) is 2.25. The first-order chi connectivity index (χ1) is 9.83. The van der Waals surface area contributed by atoms with Gasteiger partial charge in [-0.1, -0.05) is 13.0 Å². The molecule has 5 nitrogen and oxygen atoms in total. The number of hydrogen-bond acceptors (Lipinski definition) is 5. The monoisotopic (exact) mass is 270 g/mol. The van der Waals surface area contributed by atoms with E-state index < -0.39 is 0 Å². The van der Waals surface area contributed by atoms with E-state index >= 15 is 0 Å². The number of nitrogens with zero attached hydrogens (tertiary/aromatic N) is 3. The molecule has 0 fully saturated rings. The molecule has 0 aliphatic carbocycles. The second kappa shape index (κ2) is 5.54. The van der Waals surface area contributed by atoms with Crippen LogP contribution in [0.5, 0.6) is 0 Å². The predicted molar refractivity (Wildman–Crippen MR) is 77.5 cm³/mol. The van der Waals surface area contributed by atoms with Crippen molar-refractivity contribution in [3.05, 3.63) is 35.2 Å². The second-order valence-corrected chi connectivity index (χ2v) is 4.74. The smallest absolute Gasteiger partial charge is 0.180 e. The molecule has 1 N–H and O–H groups in total. The van der Waals surface area contributed by atoms with Crippen LogP contribution in [0.25, 0.3) is 11.5 Å². The van der Waals surface area contributed by atoms with Gasteiger partial charge in [0, 0.05) is 25.2 Å². The van der Waals surface area contributed by atoms with Crippen molar-refractivity contribution in [2.75, 3.05) is 19.0 Å². The molecule has 1 aliphatic heterocycles. The minimum Gasteiger partial charge on any atom is -0.376 e. The number of nitrogens with one attached hydrogen (secondary N) is 1. The van der Waals surface area contributed by atoms with E-state index in [-0.39, 0.29) is 0 Å². The minimum atomic E-state index is 0.578. The highest BCUT2D eigenvalue weighted by atomic mass is 16.5. The molecule has 0 saturated carbocycles. The molecule has 0 radical (unpaired) electrons. The second-order valence-electron chi connectivity index (χ2n) is 4.74. The van der Waals surface area contributed by atoms with Crippen LogP contribution < -0.4 is 5.32 Å². The van der Waals surface area contributed by atoms with Gasteiger partial charge in [-0.2, -0.15) is 0 Å². The van der Waals surface area contributed by atoms with Gasteiger partial charge in [-0.3, -0.25) is 4.98 Å². The highest BCUT2D eigenvalue weighted by molar-refractivity contribution is 5.59. The quantitative estimate of drug-likeness (QED) is 0.926. The topological polar surface area (TPSA) is 59.9 Å². The Kier molecular flexibility index (Phi) is 3.60. The first kappa shape index (κ1) is 13.0. The molecule has 104 valence electrons. The van der Waals surface area contributed by atoms with Crippen molar-refractivity contribution in [1.29, 1.82) is 0 Å². The zero-order valence-corrected chi connectivity index (χ0v) is 11.8. The van der Waals surface area contributed by atoms with Crippen LogP contribution in [0.15, 0.2) is 18.3 Å². The van der Waals surface area contributed by atoms with E-state index in [0.717, 1.165) is 42.2 Å². The first-order valence-electron chi connectivity index (χ1n) is 6.93. The van der Waals surface area contributed by atoms with Crippen LogP contribution >= 0.6 is 0 Å². The zero-order valence-electron chi connectivity index (χ0n) is 11.8. The molecule has 20 heavy (non-hydrogen) atoms. The molecule has 0 bridgehead atoms. The van der Waals surface area contributed by atoms with Crippen LogP contribution in [0.3, 0.4) is 0 Å². The molecule has 1 aliphatic rings. The number of rotatable bonds is 3. The van der Waals surface area contributed by atoms with Crippen molar-refractivity contribution in [2.24, 2.45) is 0 Å². The first-order valence-corrected chi connectivity index (χ1v) is 6.93. The molecule has 3 heterocycles. The Balaban J connectivity index is 2.14. The Labute approximate surface area is 118 Å². The number of fused-ring (bicyclic) bond motifs is 1. The van der Waals surface area contributed by atoms with Gasteiger partial charge in [0.1, 0.15) is 11.5 Å². The lowest BCUT2D eigenvalue weighted by molar-refractivity contribution is 0.109. The summed E-state index contributed by atoms with van der Waals surface area (Å²) < 4.78 is 5.49. The van der Waals surface area contributed by atoms with Crippen LogP contribution in [0.2, 0.25) is 0 Å². The fourth-order valence-corrected chi connectivity index (χ4v) is 2.47. The fourth-order valence-electron chi connectivity index (χ4n) is 2.47. The summed E-state index contributed by atoms with van der Waals surface area (Å²) in [5.41, 5.74) is 4.18. The van der Waals surface area contributed by atoms with E-state index in [1.807, 2.05) is 13.1 Å². The molecule has 2 aromatic heterocycles. The standard InChI is InChI=1S/C15H18N4O/c1-3-10-5-4-7-17-13(10)15-18-12-6-8-20-9-11(12)14(16-2)19-15/h4-5,7H,3,6,8-9H2,1-2H3,(H,16,18,19). The Morgan fingerprint density at radius 1 is 1.35 bits per heavy atom. The Morgan fingerprint density at radius 3 is 3.05 bits per heavy atom. The van der Waals surface area contributed by atoms with Gasteiger partial charge in [0.15, 0.2) is 5.82 Å². The number of anilines is 1. The van der Waals surface area contributed by atoms with Crippen molar-refractivity contribution in [1.82, 2.24) is 15.0 Å². The van der Waals surface area contributed by atoms with Crippen molar-refractivity contribution in [2.45, 2.75) is 26.4 Å². The SMILES string of the molecule is CCc1cccnc1-c1nc2c(c(NC)n1)COCC2. The Bertz CT molecular complexity index is 610. The molecule has 0 unspecified atom stereocenters. The molecular formula is C15H18N4O. The Hall–Kier alpha value is -2.01. The van der Waals surface area contributed by atoms with Gasteiger partial charge in [-0.05, 0) is 18.1 Å². The third-order valence-corrected chi connectivity index (χ3v) is 3.54. The maximum absolute atomic E-state index is 5.49. The van der Waals surface area contributed by atoms with Gasteiger partial charge in [0.2, 0.25) is 0 Å². The number of hydrogen-bond donors (Lipinski definition) is 1. The van der Waals surface area contributed by atoms with Crippen molar-refractivity contribution >= 4 is 5.82 Å². The summed E-state index contributed by atoms with van der Waals surface area (Å²) in [7, 11) is 1.88. The van der Waals surface area contributed by atoms with E-state index in [2.05, 4.69) is 28.3 Å². The molecule has 0 aromatic carbocycles. The maximum Gasteiger partial charge on any atom is 0.180 e. The molecule has 5 heteroatoms. The summed E-state index contributed by atoms with van der Waals surface area (Å²) in [6.07, 6.45) is 3.54. The summed E-state index contributed by atoms with van der Waals surface area (Å²) in [5, 5.41) is 3.14. The summed E-state index contributed by atoms with van der Waals surface area (Å²) >= 11 is 0. The number of aryl methyl sites for hydroxylation is 1. The lowest BCUT2D eigenvalue weighted by atomic mass is 10.1. The lowest BCUT2D eigenvalue weighted by Gasteiger charge is -2.19. The molecule has 3 rings (SSSR count). The highest BCUT2D eigenvalue weighted by Gasteiger charge is 2.19. The van der Waals surface area contributed by atoms with Gasteiger partial charge < -0.3 is 10.1 Å². The van der Waals surface area contributed by atoms with Crippen molar-refractivity contribution in [3.8, 4) is 11.5 Å². The van der Waals surface area contributed by atoms with Crippen molar-refractivity contribution in [3.63, 3.8) is 0 Å². The average Bonchev–Trinajstić information content (AvgIpc) is 2.53. The molecular weight excluding hydrogens is 252 g/mol. The summed E-state index contributed by atoms with van der Waals surface area (Å²) in [6, 6.07) is 4.03. The summed E-state index contributed by atoms with van der Waals surface area (Å²) in [5.74, 6) is 1.55. The van der Waals surface area contributed by atoms with Gasteiger partial charge in [0.25, 0.3) is 0 Å². The van der Waals surface area contributed by atoms with Gasteiger partial charge in [0.05, 0.1) is 18.9 Å². The van der Waals surface area contributed by atoms with Gasteiger partial charge in [-0.15, -0.1) is 0 Å². The highest BCUT2D eigenvalue weighted by Crippen LogP contribution is 2.26. The van der Waals surface area contributed by atoms with Crippen LogP contribution in [-0.2, 0) is 24.2 Å². The van der Waals surface area contributed by atoms with Crippen LogP contribution in [0.1, 0.15) is 23.7 Å². The maximum atomic E-state index is 5.49. The third-order valence-electron chi connectivity index (χ3n) is 3.54. The van der Waals surface area contributed by atoms with Gasteiger partial charge in [-0.25, -0.2) is 9.97 Å². The number of ether oxygens (including phenoxy) is 1. The normalized spacial score (nSPS) is 13.9. The Morgan fingerprint density at radius 2 is 2.25 bits per heavy atom. The molecule has 0 amide bonds. The molecule has 2 aromatic rings. The van der Waals surface area contributed by atoms with E-state index in [1.165, 1.54) is 5.56 Å². The van der Waals surface area contributed by atoms with Gasteiger partial charge >= 0.3 is 0 Å². The van der Waals surface area contributed by atoms with Crippen LogP contribution in [0, 0.1) is 0 Å². The predicted octanol–water partition coefficient (Wildman–Crippen LogP) is 2.22. The summed E-state index contributed by atoms with van der Waals surface area (Å²) in [4.78, 5) is 13.8. The van der Waals surface area contributed by atoms with E-state index in [0.29, 0.717) is 12.4 Å². The fraction of sp³-hybridized carbons (Fsp3) is 0.400. The average molecular weight is 270 g/mol. The molecule has 0 atom stereocenters. The number of pyridine rings is 1. The minimum absolute atomic E-state index is 0.578. The van der Waals surface area contributed by atoms with Crippen LogP contribution in [0.4, 0.5) is 5.82 Å². The largest absolute Gasteiger partial charge is 0.376 e. The van der Waals surface area contributed by atoms with E-state index in [1.54, 1.807) is 6.20 Å². The molecule has 0 spiro atoms.